The van der Waals surface area contributed by atoms with Crippen molar-refractivity contribution in [1.29, 1.82) is 0 Å². The lowest BCUT2D eigenvalue weighted by Crippen LogP contribution is -1.96. The molecule has 122 valence electrons. The molecule has 3 heterocycles. The van der Waals surface area contributed by atoms with Gasteiger partial charge in [-0.25, -0.2) is 9.97 Å². The number of rotatable bonds is 3. The zero-order valence-electron chi connectivity index (χ0n) is 13.3. The molecule has 0 aliphatic rings. The Labute approximate surface area is 144 Å². The number of hydrogen-bond acceptors (Lipinski definition) is 5. The molecule has 0 saturated carbocycles. The average molecular weight is 342 g/mol. The maximum atomic E-state index is 5.92. The van der Waals surface area contributed by atoms with Crippen molar-refractivity contribution >= 4 is 34.3 Å². The van der Waals surface area contributed by atoms with E-state index in [-0.39, 0.29) is 5.28 Å². The van der Waals surface area contributed by atoms with Crippen LogP contribution in [0.15, 0.2) is 59.6 Å². The largest absolute Gasteiger partial charge is 0.459 e. The summed E-state index contributed by atoms with van der Waals surface area (Å²) in [6, 6.07) is 11.6. The smallest absolute Gasteiger partial charge is 0.225 e. The van der Waals surface area contributed by atoms with Crippen LogP contribution >= 0.6 is 11.6 Å². The van der Waals surface area contributed by atoms with E-state index in [0.29, 0.717) is 22.7 Å². The van der Waals surface area contributed by atoms with Crippen molar-refractivity contribution in [2.75, 3.05) is 5.32 Å². The number of fused-ring (bicyclic) bond motifs is 1. The van der Waals surface area contributed by atoms with E-state index in [0.717, 1.165) is 5.69 Å². The molecule has 0 bridgehead atoms. The highest BCUT2D eigenvalue weighted by atomic mass is 35.5. The Morgan fingerprint density at radius 3 is 2.67 bits per heavy atom. The van der Waals surface area contributed by atoms with Gasteiger partial charge in [-0.2, -0.15) is 4.98 Å². The number of para-hydroxylation sites is 1. The first-order valence-corrected chi connectivity index (χ1v) is 7.94. The molecule has 0 aliphatic carbocycles. The van der Waals surface area contributed by atoms with E-state index in [4.69, 9.17) is 16.0 Å². The zero-order valence-corrected chi connectivity index (χ0v) is 14.0. The Hall–Kier alpha value is -2.86. The fourth-order valence-corrected chi connectivity index (χ4v) is 2.35. The van der Waals surface area contributed by atoms with E-state index in [9.17, 15) is 0 Å². The molecule has 0 radical (unpaired) electrons. The predicted molar refractivity (Wildman–Crippen MR) is 95.0 cm³/mol. The molecule has 3 aromatic heterocycles. The number of hydrogen-bond donors (Lipinski definition) is 1. The molecular formula is C17H16ClN5O. The van der Waals surface area contributed by atoms with Gasteiger partial charge in [-0.1, -0.05) is 32.0 Å². The van der Waals surface area contributed by atoms with Crippen LogP contribution in [-0.4, -0.2) is 19.5 Å². The lowest BCUT2D eigenvalue weighted by Gasteiger charge is -2.03. The minimum atomic E-state index is 0.152. The first kappa shape index (κ1) is 16.0. The number of nitrogens with one attached hydrogen (secondary N) is 1. The Bertz CT molecular complexity index is 932. The summed E-state index contributed by atoms with van der Waals surface area (Å²) in [7, 11) is 0. The van der Waals surface area contributed by atoms with Gasteiger partial charge in [-0.15, -0.1) is 0 Å². The first-order valence-electron chi connectivity index (χ1n) is 7.57. The first-order chi connectivity index (χ1) is 11.8. The van der Waals surface area contributed by atoms with Crippen molar-refractivity contribution < 1.29 is 4.42 Å². The van der Waals surface area contributed by atoms with Crippen LogP contribution in [0.4, 0.5) is 11.6 Å². The Morgan fingerprint density at radius 2 is 1.88 bits per heavy atom. The van der Waals surface area contributed by atoms with Crippen LogP contribution in [0.5, 0.6) is 0 Å². The number of benzene rings is 1. The molecule has 0 amide bonds. The van der Waals surface area contributed by atoms with Crippen molar-refractivity contribution in [1.82, 2.24) is 19.5 Å². The molecule has 4 aromatic rings. The molecule has 24 heavy (non-hydrogen) atoms. The van der Waals surface area contributed by atoms with Gasteiger partial charge in [0, 0.05) is 11.8 Å². The molecule has 7 heteroatoms. The van der Waals surface area contributed by atoms with Gasteiger partial charge >= 0.3 is 0 Å². The van der Waals surface area contributed by atoms with Crippen LogP contribution in [0.25, 0.3) is 16.8 Å². The van der Waals surface area contributed by atoms with Gasteiger partial charge in [0.2, 0.25) is 5.28 Å². The number of aromatic nitrogens is 4. The van der Waals surface area contributed by atoms with Crippen molar-refractivity contribution in [2.24, 2.45) is 0 Å². The lowest BCUT2D eigenvalue weighted by atomic mass is 10.3. The SMILES string of the molecule is CC.Clc1nc(Nc2cn(-c3ccccc3)cn2)c2occc2n1. The number of furan rings is 1. The van der Waals surface area contributed by atoms with Gasteiger partial charge in [0.15, 0.2) is 11.4 Å². The summed E-state index contributed by atoms with van der Waals surface area (Å²) in [6.45, 7) is 4.00. The van der Waals surface area contributed by atoms with E-state index in [1.54, 1.807) is 18.7 Å². The molecule has 0 atom stereocenters. The Kier molecular flexibility index (Phi) is 4.77. The second kappa shape index (κ2) is 7.14. The molecule has 1 aromatic carbocycles. The normalized spacial score (nSPS) is 10.3. The second-order valence-corrected chi connectivity index (χ2v) is 4.94. The quantitative estimate of drug-likeness (QED) is 0.540. The van der Waals surface area contributed by atoms with Crippen LogP contribution in [0.1, 0.15) is 13.8 Å². The lowest BCUT2D eigenvalue weighted by molar-refractivity contribution is 0.615. The summed E-state index contributed by atoms with van der Waals surface area (Å²) >= 11 is 5.92. The summed E-state index contributed by atoms with van der Waals surface area (Å²) < 4.78 is 7.29. The van der Waals surface area contributed by atoms with Gasteiger partial charge in [0.25, 0.3) is 0 Å². The average Bonchev–Trinajstić information content (AvgIpc) is 3.27. The Balaban J connectivity index is 0.000000815. The summed E-state index contributed by atoms with van der Waals surface area (Å²) in [5.74, 6) is 1.12. The van der Waals surface area contributed by atoms with E-state index in [2.05, 4.69) is 20.3 Å². The fourth-order valence-electron chi connectivity index (χ4n) is 2.17. The van der Waals surface area contributed by atoms with Crippen LogP contribution in [-0.2, 0) is 0 Å². The molecule has 0 fully saturated rings. The van der Waals surface area contributed by atoms with Crippen molar-refractivity contribution in [2.45, 2.75) is 13.8 Å². The third-order valence-corrected chi connectivity index (χ3v) is 3.33. The third kappa shape index (κ3) is 3.23. The van der Waals surface area contributed by atoms with Crippen LogP contribution in [0, 0.1) is 0 Å². The van der Waals surface area contributed by atoms with Crippen LogP contribution in [0.3, 0.4) is 0 Å². The third-order valence-electron chi connectivity index (χ3n) is 3.16. The highest BCUT2D eigenvalue weighted by molar-refractivity contribution is 6.28. The molecule has 6 nitrogen and oxygen atoms in total. The number of imidazole rings is 1. The highest BCUT2D eigenvalue weighted by Gasteiger charge is 2.11. The van der Waals surface area contributed by atoms with E-state index in [1.165, 1.54) is 0 Å². The van der Waals surface area contributed by atoms with Gasteiger partial charge in [0.05, 0.1) is 12.5 Å². The molecule has 4 rings (SSSR count). The fraction of sp³-hybridized carbons (Fsp3) is 0.118. The number of anilines is 2. The molecule has 0 saturated heterocycles. The summed E-state index contributed by atoms with van der Waals surface area (Å²) in [6.07, 6.45) is 5.13. The Morgan fingerprint density at radius 1 is 1.08 bits per heavy atom. The topological polar surface area (TPSA) is 68.8 Å². The van der Waals surface area contributed by atoms with E-state index >= 15 is 0 Å². The van der Waals surface area contributed by atoms with Crippen LogP contribution < -0.4 is 5.32 Å². The second-order valence-electron chi connectivity index (χ2n) is 4.60. The minimum Gasteiger partial charge on any atom is -0.459 e. The van der Waals surface area contributed by atoms with Gasteiger partial charge in [-0.05, 0) is 23.7 Å². The maximum Gasteiger partial charge on any atom is 0.225 e. The monoisotopic (exact) mass is 341 g/mol. The summed E-state index contributed by atoms with van der Waals surface area (Å²) in [5.41, 5.74) is 2.20. The van der Waals surface area contributed by atoms with Gasteiger partial charge in [0.1, 0.15) is 17.7 Å². The highest BCUT2D eigenvalue weighted by Crippen LogP contribution is 2.25. The molecular weight excluding hydrogens is 326 g/mol. The van der Waals surface area contributed by atoms with Crippen molar-refractivity contribution in [3.8, 4) is 5.69 Å². The zero-order chi connectivity index (χ0) is 16.9. The van der Waals surface area contributed by atoms with Crippen LogP contribution in [0.2, 0.25) is 5.28 Å². The minimum absolute atomic E-state index is 0.152. The summed E-state index contributed by atoms with van der Waals surface area (Å²) in [5, 5.41) is 3.25. The standard InChI is InChI=1S/C15H10ClN5O.C2H6/c16-15-18-11-6-7-22-13(11)14(20-15)19-12-8-21(9-17-12)10-4-2-1-3-5-10;1-2/h1-9H,(H,18,19,20);1-2H3. The molecule has 0 aliphatic heterocycles. The molecule has 0 spiro atoms. The van der Waals surface area contributed by atoms with E-state index in [1.807, 2.05) is 54.9 Å². The van der Waals surface area contributed by atoms with E-state index < -0.39 is 0 Å². The maximum absolute atomic E-state index is 5.92. The number of halogens is 1. The van der Waals surface area contributed by atoms with Crippen molar-refractivity contribution in [3.63, 3.8) is 0 Å². The molecule has 1 N–H and O–H groups in total. The van der Waals surface area contributed by atoms with Gasteiger partial charge in [-0.3, -0.25) is 0 Å². The summed E-state index contributed by atoms with van der Waals surface area (Å²) in [4.78, 5) is 12.6. The van der Waals surface area contributed by atoms with Gasteiger partial charge < -0.3 is 14.3 Å². The van der Waals surface area contributed by atoms with Crippen molar-refractivity contribution in [3.05, 3.63) is 60.5 Å². The molecule has 0 unspecified atom stereocenters. The predicted octanol–water partition coefficient (Wildman–Crippen LogP) is 4.83. The number of nitrogens with zero attached hydrogens (tertiary/aromatic N) is 4.